The Balaban J connectivity index is 2.10. The number of benzene rings is 1. The van der Waals surface area contributed by atoms with Crippen molar-refractivity contribution in [2.45, 2.75) is 25.2 Å². The van der Waals surface area contributed by atoms with E-state index < -0.39 is 10.0 Å². The lowest BCUT2D eigenvalue weighted by atomic mass is 10.2. The lowest BCUT2D eigenvalue weighted by Gasteiger charge is -2.34. The van der Waals surface area contributed by atoms with Crippen molar-refractivity contribution in [3.8, 4) is 0 Å². The van der Waals surface area contributed by atoms with Gasteiger partial charge in [0.25, 0.3) is 0 Å². The highest BCUT2D eigenvalue weighted by Gasteiger charge is 2.29. The molecule has 0 aromatic heterocycles. The minimum Gasteiger partial charge on any atom is -0.396 e. The van der Waals surface area contributed by atoms with Crippen molar-refractivity contribution in [3.05, 3.63) is 29.3 Å². The third-order valence-electron chi connectivity index (χ3n) is 3.93. The first-order valence-corrected chi connectivity index (χ1v) is 8.80. The number of hydrogen-bond donors (Lipinski definition) is 1. The molecule has 0 spiro atoms. The predicted molar refractivity (Wildman–Crippen MR) is 82.8 cm³/mol. The summed E-state index contributed by atoms with van der Waals surface area (Å²) in [4.78, 5) is 2.62. The van der Waals surface area contributed by atoms with Gasteiger partial charge in [-0.15, -0.1) is 0 Å². The normalized spacial score (nSPS) is 18.0. The molecule has 1 fully saturated rings. The van der Waals surface area contributed by atoms with Crippen LogP contribution in [0.1, 0.15) is 17.5 Å². The van der Waals surface area contributed by atoms with E-state index >= 15 is 0 Å². The molecule has 0 radical (unpaired) electrons. The topological polar surface area (TPSA) is 60.9 Å². The Kier molecular flexibility index (Phi) is 5.37. The number of aliphatic hydroxyl groups excluding tert-OH is 1. The molecule has 0 atom stereocenters. The van der Waals surface area contributed by atoms with Crippen molar-refractivity contribution in [2.75, 3.05) is 39.3 Å². The van der Waals surface area contributed by atoms with Gasteiger partial charge in [-0.2, -0.15) is 4.31 Å². The van der Waals surface area contributed by atoms with E-state index in [0.717, 1.165) is 37.2 Å². The second-order valence-corrected chi connectivity index (χ2v) is 7.50. The molecule has 0 bridgehead atoms. The van der Waals surface area contributed by atoms with Crippen LogP contribution in [0, 0.1) is 13.8 Å². The summed E-state index contributed by atoms with van der Waals surface area (Å²) in [7, 11) is -3.40. The van der Waals surface area contributed by atoms with Gasteiger partial charge in [0.15, 0.2) is 0 Å². The second kappa shape index (κ2) is 6.87. The molecule has 1 aliphatic rings. The number of rotatable bonds is 5. The largest absolute Gasteiger partial charge is 0.396 e. The SMILES string of the molecule is Cc1ccc(C)c(S(=O)(=O)N2CCN(CCCO)CC2)c1. The van der Waals surface area contributed by atoms with Crippen LogP contribution in [0.25, 0.3) is 0 Å². The van der Waals surface area contributed by atoms with Crippen LogP contribution >= 0.6 is 0 Å². The monoisotopic (exact) mass is 312 g/mol. The van der Waals surface area contributed by atoms with Gasteiger partial charge in [-0.3, -0.25) is 0 Å². The highest BCUT2D eigenvalue weighted by atomic mass is 32.2. The maximum Gasteiger partial charge on any atom is 0.243 e. The molecule has 5 nitrogen and oxygen atoms in total. The van der Waals surface area contributed by atoms with Gasteiger partial charge >= 0.3 is 0 Å². The maximum atomic E-state index is 12.7. The molecular formula is C15H24N2O3S. The van der Waals surface area contributed by atoms with Crippen LogP contribution in [0.2, 0.25) is 0 Å². The average molecular weight is 312 g/mol. The fourth-order valence-electron chi connectivity index (χ4n) is 2.61. The van der Waals surface area contributed by atoms with Gasteiger partial charge in [-0.1, -0.05) is 12.1 Å². The summed E-state index contributed by atoms with van der Waals surface area (Å²) in [6.45, 7) is 7.24. The minimum absolute atomic E-state index is 0.182. The quantitative estimate of drug-likeness (QED) is 0.881. The molecule has 0 saturated carbocycles. The van der Waals surface area contributed by atoms with Crippen molar-refractivity contribution in [3.63, 3.8) is 0 Å². The highest BCUT2D eigenvalue weighted by Crippen LogP contribution is 2.22. The Morgan fingerprint density at radius 3 is 2.43 bits per heavy atom. The van der Waals surface area contributed by atoms with Gasteiger partial charge in [0, 0.05) is 39.3 Å². The number of hydrogen-bond acceptors (Lipinski definition) is 4. The maximum absolute atomic E-state index is 12.7. The van der Waals surface area contributed by atoms with E-state index in [9.17, 15) is 8.42 Å². The van der Waals surface area contributed by atoms with E-state index in [1.165, 1.54) is 0 Å². The van der Waals surface area contributed by atoms with Gasteiger partial charge in [0.05, 0.1) is 4.90 Å². The Morgan fingerprint density at radius 1 is 1.14 bits per heavy atom. The third kappa shape index (κ3) is 3.83. The Bertz CT molecular complexity index is 579. The van der Waals surface area contributed by atoms with E-state index in [2.05, 4.69) is 4.90 Å². The molecular weight excluding hydrogens is 288 g/mol. The molecule has 1 aliphatic heterocycles. The van der Waals surface area contributed by atoms with E-state index in [4.69, 9.17) is 5.11 Å². The minimum atomic E-state index is -3.40. The summed E-state index contributed by atoms with van der Waals surface area (Å²) in [6.07, 6.45) is 0.740. The van der Waals surface area contributed by atoms with Crippen molar-refractivity contribution >= 4 is 10.0 Å². The lowest BCUT2D eigenvalue weighted by Crippen LogP contribution is -2.48. The smallest absolute Gasteiger partial charge is 0.243 e. The zero-order valence-corrected chi connectivity index (χ0v) is 13.6. The second-order valence-electron chi connectivity index (χ2n) is 5.59. The van der Waals surface area contributed by atoms with E-state index in [-0.39, 0.29) is 6.61 Å². The first-order valence-electron chi connectivity index (χ1n) is 7.36. The van der Waals surface area contributed by atoms with Gasteiger partial charge < -0.3 is 10.0 Å². The fourth-order valence-corrected chi connectivity index (χ4v) is 4.34. The molecule has 1 N–H and O–H groups in total. The number of piperazine rings is 1. The zero-order chi connectivity index (χ0) is 15.5. The summed E-state index contributed by atoms with van der Waals surface area (Å²) >= 11 is 0. The molecule has 21 heavy (non-hydrogen) atoms. The molecule has 1 aromatic rings. The summed E-state index contributed by atoms with van der Waals surface area (Å²) in [5.74, 6) is 0. The molecule has 1 aromatic carbocycles. The Hall–Kier alpha value is -0.950. The number of aryl methyl sites for hydroxylation is 2. The van der Waals surface area contributed by atoms with E-state index in [1.54, 1.807) is 10.4 Å². The molecule has 1 saturated heterocycles. The molecule has 6 heteroatoms. The summed E-state index contributed by atoms with van der Waals surface area (Å²) < 4.78 is 27.1. The Labute approximate surface area is 127 Å². The molecule has 1 heterocycles. The van der Waals surface area contributed by atoms with Crippen LogP contribution in [-0.4, -0.2) is 62.1 Å². The molecule has 2 rings (SSSR count). The van der Waals surface area contributed by atoms with Crippen molar-refractivity contribution < 1.29 is 13.5 Å². The summed E-state index contributed by atoms with van der Waals surface area (Å²) in [5.41, 5.74) is 1.75. The molecule has 0 aliphatic carbocycles. The predicted octanol–water partition coefficient (Wildman–Crippen LogP) is 0.992. The summed E-state index contributed by atoms with van der Waals surface area (Å²) in [5, 5.41) is 8.85. The third-order valence-corrected chi connectivity index (χ3v) is 5.97. The van der Waals surface area contributed by atoms with E-state index in [0.29, 0.717) is 18.0 Å². The van der Waals surface area contributed by atoms with Crippen LogP contribution < -0.4 is 0 Å². The van der Waals surface area contributed by atoms with Crippen LogP contribution in [-0.2, 0) is 10.0 Å². The van der Waals surface area contributed by atoms with Crippen molar-refractivity contribution in [1.29, 1.82) is 0 Å². The van der Waals surface area contributed by atoms with Crippen LogP contribution in [0.15, 0.2) is 23.1 Å². The first kappa shape index (κ1) is 16.4. The van der Waals surface area contributed by atoms with Crippen LogP contribution in [0.4, 0.5) is 0 Å². The van der Waals surface area contributed by atoms with Gasteiger partial charge in [-0.05, 0) is 37.5 Å². The zero-order valence-electron chi connectivity index (χ0n) is 12.7. The number of sulfonamides is 1. The van der Waals surface area contributed by atoms with Gasteiger partial charge in [0.1, 0.15) is 0 Å². The fraction of sp³-hybridized carbons (Fsp3) is 0.600. The molecule has 0 unspecified atom stereocenters. The van der Waals surface area contributed by atoms with Crippen LogP contribution in [0.3, 0.4) is 0 Å². The lowest BCUT2D eigenvalue weighted by molar-refractivity contribution is 0.171. The first-order chi connectivity index (χ1) is 9.95. The van der Waals surface area contributed by atoms with Gasteiger partial charge in [0.2, 0.25) is 10.0 Å². The molecule has 0 amide bonds. The van der Waals surface area contributed by atoms with Gasteiger partial charge in [-0.25, -0.2) is 8.42 Å². The highest BCUT2D eigenvalue weighted by molar-refractivity contribution is 7.89. The van der Waals surface area contributed by atoms with Crippen molar-refractivity contribution in [1.82, 2.24) is 9.21 Å². The average Bonchev–Trinajstić information content (AvgIpc) is 2.48. The summed E-state index contributed by atoms with van der Waals surface area (Å²) in [6, 6.07) is 5.55. The molecule has 118 valence electrons. The standard InChI is InChI=1S/C15H24N2O3S/c1-13-4-5-14(2)15(12-13)21(19,20)17-9-7-16(8-10-17)6-3-11-18/h4-5,12,18H,3,6-11H2,1-2H3. The Morgan fingerprint density at radius 2 is 1.81 bits per heavy atom. The van der Waals surface area contributed by atoms with Crippen molar-refractivity contribution in [2.24, 2.45) is 0 Å². The van der Waals surface area contributed by atoms with E-state index in [1.807, 2.05) is 26.0 Å². The number of aliphatic hydroxyl groups is 1. The van der Waals surface area contributed by atoms with Crippen LogP contribution in [0.5, 0.6) is 0 Å². The number of nitrogens with zero attached hydrogens (tertiary/aromatic N) is 2.